The molecule has 2 aromatic heterocycles. The molecule has 0 spiro atoms. The Balaban J connectivity index is 1.49. The molecule has 1 fully saturated rings. The normalized spacial score (nSPS) is 19.0. The summed E-state index contributed by atoms with van der Waals surface area (Å²) in [5.74, 6) is 2.86. The number of likely N-dealkylation sites (tertiary alicyclic amines) is 1. The minimum absolute atomic E-state index is 0.0689. The molecule has 0 aliphatic carbocycles. The number of pyridine rings is 1. The second-order valence-corrected chi connectivity index (χ2v) is 9.22. The molecule has 1 aliphatic rings. The molecule has 6 nitrogen and oxygen atoms in total. The van der Waals surface area contributed by atoms with Gasteiger partial charge >= 0.3 is 0 Å². The van der Waals surface area contributed by atoms with E-state index in [1.165, 1.54) is 5.56 Å². The van der Waals surface area contributed by atoms with E-state index in [4.69, 9.17) is 14.7 Å². The van der Waals surface area contributed by atoms with Gasteiger partial charge in [-0.1, -0.05) is 31.2 Å². The van der Waals surface area contributed by atoms with E-state index in [0.29, 0.717) is 6.61 Å². The Kier molecular flexibility index (Phi) is 6.70. The van der Waals surface area contributed by atoms with Gasteiger partial charge < -0.3 is 9.64 Å². The summed E-state index contributed by atoms with van der Waals surface area (Å²) >= 11 is 0. The number of para-hydroxylation sites is 1. The molecule has 6 heteroatoms. The zero-order valence-corrected chi connectivity index (χ0v) is 19.6. The molecule has 1 aromatic carbocycles. The Labute approximate surface area is 191 Å². The maximum absolute atomic E-state index is 6.16. The van der Waals surface area contributed by atoms with E-state index >= 15 is 0 Å². The molecule has 0 radical (unpaired) electrons. The van der Waals surface area contributed by atoms with Gasteiger partial charge in [0, 0.05) is 67.9 Å². The minimum atomic E-state index is -0.0689. The van der Waals surface area contributed by atoms with Crippen LogP contribution in [0.3, 0.4) is 0 Å². The van der Waals surface area contributed by atoms with Gasteiger partial charge in [0.05, 0.1) is 0 Å². The largest absolute Gasteiger partial charge is 0.489 e. The summed E-state index contributed by atoms with van der Waals surface area (Å²) in [5, 5.41) is 0. The molecule has 0 bridgehead atoms. The van der Waals surface area contributed by atoms with Gasteiger partial charge in [-0.05, 0) is 38.4 Å². The molecule has 3 aromatic rings. The van der Waals surface area contributed by atoms with E-state index in [9.17, 15) is 0 Å². The smallest absolute Gasteiger partial charge is 0.138 e. The summed E-state index contributed by atoms with van der Waals surface area (Å²) in [5.41, 5.74) is 3.23. The van der Waals surface area contributed by atoms with Crippen molar-refractivity contribution < 1.29 is 4.74 Å². The summed E-state index contributed by atoms with van der Waals surface area (Å²) < 4.78 is 6.16. The number of benzene rings is 1. The lowest BCUT2D eigenvalue weighted by Gasteiger charge is -2.40. The van der Waals surface area contributed by atoms with Gasteiger partial charge in [0.2, 0.25) is 0 Å². The number of ether oxygens (including phenoxy) is 1. The van der Waals surface area contributed by atoms with Crippen molar-refractivity contribution in [3.63, 3.8) is 0 Å². The fraction of sp³-hybridized carbons (Fsp3) is 0.423. The first-order valence-electron chi connectivity index (χ1n) is 11.3. The topological polar surface area (TPSA) is 54.4 Å². The van der Waals surface area contributed by atoms with E-state index < -0.39 is 0 Å². The first kappa shape index (κ1) is 22.2. The van der Waals surface area contributed by atoms with Crippen molar-refractivity contribution in [3.05, 3.63) is 77.5 Å². The van der Waals surface area contributed by atoms with Crippen LogP contribution in [-0.4, -0.2) is 47.0 Å². The highest BCUT2D eigenvalue weighted by Crippen LogP contribution is 2.34. The zero-order valence-electron chi connectivity index (χ0n) is 19.6. The van der Waals surface area contributed by atoms with Crippen LogP contribution in [0, 0.1) is 6.92 Å². The molecule has 3 heterocycles. The molecular formula is C26H33N5O. The monoisotopic (exact) mass is 431 g/mol. The number of anilines is 1. The van der Waals surface area contributed by atoms with E-state index in [1.807, 2.05) is 44.6 Å². The van der Waals surface area contributed by atoms with Gasteiger partial charge in [-0.25, -0.2) is 9.97 Å². The molecule has 0 N–H and O–H groups in total. The van der Waals surface area contributed by atoms with Crippen LogP contribution in [0.5, 0.6) is 5.75 Å². The lowest BCUT2D eigenvalue weighted by Crippen LogP contribution is -2.45. The minimum Gasteiger partial charge on any atom is -0.489 e. The first-order chi connectivity index (χ1) is 15.4. The number of aromatic nitrogens is 3. The van der Waals surface area contributed by atoms with E-state index in [2.05, 4.69) is 46.8 Å². The molecule has 32 heavy (non-hydrogen) atoms. The molecule has 0 saturated carbocycles. The molecular weight excluding hydrogens is 398 g/mol. The Bertz CT molecular complexity index is 1040. The molecule has 168 valence electrons. The van der Waals surface area contributed by atoms with Gasteiger partial charge in [-0.2, -0.15) is 0 Å². The van der Waals surface area contributed by atoms with E-state index in [0.717, 1.165) is 61.1 Å². The average Bonchev–Trinajstić information content (AvgIpc) is 2.79. The highest BCUT2D eigenvalue weighted by molar-refractivity contribution is 5.39. The van der Waals surface area contributed by atoms with Crippen LogP contribution in [0.15, 0.2) is 54.9 Å². The predicted octanol–water partition coefficient (Wildman–Crippen LogP) is 4.38. The fourth-order valence-corrected chi connectivity index (χ4v) is 4.37. The first-order valence-corrected chi connectivity index (χ1v) is 11.3. The number of rotatable bonds is 7. The summed E-state index contributed by atoms with van der Waals surface area (Å²) in [7, 11) is 4.06. The summed E-state index contributed by atoms with van der Waals surface area (Å²) in [6.07, 6.45) is 5.86. The van der Waals surface area contributed by atoms with Gasteiger partial charge in [0.15, 0.2) is 0 Å². The third kappa shape index (κ3) is 5.25. The van der Waals surface area contributed by atoms with Crippen molar-refractivity contribution in [1.82, 2.24) is 19.9 Å². The van der Waals surface area contributed by atoms with Crippen molar-refractivity contribution in [2.24, 2.45) is 0 Å². The van der Waals surface area contributed by atoms with Crippen LogP contribution in [0.4, 0.5) is 5.82 Å². The van der Waals surface area contributed by atoms with Gasteiger partial charge in [-0.15, -0.1) is 0 Å². The van der Waals surface area contributed by atoms with E-state index in [-0.39, 0.29) is 5.41 Å². The highest BCUT2D eigenvalue weighted by atomic mass is 16.5. The standard InChI is InChI=1S/C26H33N5O/c1-20-15-24(30(3)4)29-25(28-20)26(2)12-8-14-31(19-26)17-22-10-5-6-11-23(22)32-18-21-9-7-13-27-16-21/h5-7,9-11,13,15-16H,8,12,14,17-19H2,1-4H3/t26-/m1/s1. The zero-order chi connectivity index (χ0) is 22.6. The van der Waals surface area contributed by atoms with Crippen molar-refractivity contribution in [1.29, 1.82) is 0 Å². The predicted molar refractivity (Wildman–Crippen MR) is 128 cm³/mol. The van der Waals surface area contributed by atoms with Crippen molar-refractivity contribution >= 4 is 5.82 Å². The van der Waals surface area contributed by atoms with Crippen LogP contribution in [-0.2, 0) is 18.6 Å². The van der Waals surface area contributed by atoms with Gasteiger partial charge in [-0.3, -0.25) is 9.88 Å². The third-order valence-electron chi connectivity index (χ3n) is 6.10. The number of nitrogens with zero attached hydrogens (tertiary/aromatic N) is 5. The number of piperidine rings is 1. The Morgan fingerprint density at radius 3 is 2.75 bits per heavy atom. The molecule has 4 rings (SSSR count). The second-order valence-electron chi connectivity index (χ2n) is 9.22. The SMILES string of the molecule is Cc1cc(N(C)C)nc([C@]2(C)CCCN(Cc3ccccc3OCc3cccnc3)C2)n1. The fourth-order valence-electron chi connectivity index (χ4n) is 4.37. The van der Waals surface area contributed by atoms with Crippen molar-refractivity contribution in [3.8, 4) is 5.75 Å². The van der Waals surface area contributed by atoms with Gasteiger partial charge in [0.25, 0.3) is 0 Å². The summed E-state index contributed by atoms with van der Waals surface area (Å²) in [6, 6.07) is 14.4. The molecule has 1 saturated heterocycles. The van der Waals surface area contributed by atoms with Crippen LogP contribution < -0.4 is 9.64 Å². The van der Waals surface area contributed by atoms with Crippen LogP contribution >= 0.6 is 0 Å². The lowest BCUT2D eigenvalue weighted by atomic mass is 9.80. The van der Waals surface area contributed by atoms with Crippen LogP contribution in [0.25, 0.3) is 0 Å². The second kappa shape index (κ2) is 9.65. The number of hydrogen-bond donors (Lipinski definition) is 0. The molecule has 0 amide bonds. The third-order valence-corrected chi connectivity index (χ3v) is 6.10. The molecule has 1 atom stereocenters. The van der Waals surface area contributed by atoms with Crippen molar-refractivity contribution in [2.75, 3.05) is 32.1 Å². The summed E-state index contributed by atoms with van der Waals surface area (Å²) in [4.78, 5) is 18.5. The highest BCUT2D eigenvalue weighted by Gasteiger charge is 2.36. The number of aryl methyl sites for hydroxylation is 1. The molecule has 1 aliphatic heterocycles. The average molecular weight is 432 g/mol. The molecule has 0 unspecified atom stereocenters. The maximum atomic E-state index is 6.16. The van der Waals surface area contributed by atoms with Crippen LogP contribution in [0.2, 0.25) is 0 Å². The Hall–Kier alpha value is -2.99. The number of hydrogen-bond acceptors (Lipinski definition) is 6. The van der Waals surface area contributed by atoms with Crippen molar-refractivity contribution in [2.45, 2.75) is 45.3 Å². The Morgan fingerprint density at radius 2 is 1.97 bits per heavy atom. The lowest BCUT2D eigenvalue weighted by molar-refractivity contribution is 0.142. The van der Waals surface area contributed by atoms with Gasteiger partial charge in [0.1, 0.15) is 24.0 Å². The summed E-state index contributed by atoms with van der Waals surface area (Å²) in [6.45, 7) is 7.73. The Morgan fingerprint density at radius 1 is 1.12 bits per heavy atom. The van der Waals surface area contributed by atoms with Crippen LogP contribution in [0.1, 0.15) is 42.4 Å². The quantitative estimate of drug-likeness (QED) is 0.553. The maximum Gasteiger partial charge on any atom is 0.138 e. The van der Waals surface area contributed by atoms with E-state index in [1.54, 1.807) is 6.20 Å².